The molecule has 8 nitrogen and oxygen atoms in total. The van der Waals surface area contributed by atoms with Gasteiger partial charge in [-0.15, -0.1) is 5.10 Å². The zero-order valence-corrected chi connectivity index (χ0v) is 11.8. The average molecular weight is 310 g/mol. The summed E-state index contributed by atoms with van der Waals surface area (Å²) in [6.45, 7) is -0.117. The van der Waals surface area contributed by atoms with E-state index >= 15 is 0 Å². The maximum absolute atomic E-state index is 11.8. The summed E-state index contributed by atoms with van der Waals surface area (Å²) in [4.78, 5) is 24.0. The van der Waals surface area contributed by atoms with Crippen molar-refractivity contribution in [2.24, 2.45) is 0 Å². The van der Waals surface area contributed by atoms with Gasteiger partial charge >= 0.3 is 6.09 Å². The number of anilines is 2. The van der Waals surface area contributed by atoms with Crippen LogP contribution >= 0.6 is 11.6 Å². The number of benzene rings is 1. The SMILES string of the molecule is COC(=O)Nc1cnn(CC(=O)Nc2ccccc2Cl)n1. The molecule has 1 aromatic heterocycles. The van der Waals surface area contributed by atoms with Crippen molar-refractivity contribution in [1.82, 2.24) is 15.0 Å². The summed E-state index contributed by atoms with van der Waals surface area (Å²) in [5.74, 6) is -0.157. The molecule has 0 radical (unpaired) electrons. The number of nitrogens with zero attached hydrogens (tertiary/aromatic N) is 3. The van der Waals surface area contributed by atoms with Crippen molar-refractivity contribution in [2.75, 3.05) is 17.7 Å². The number of ether oxygens (including phenoxy) is 1. The number of hydrogen-bond acceptors (Lipinski definition) is 5. The van der Waals surface area contributed by atoms with Crippen LogP contribution in [0.5, 0.6) is 0 Å². The number of halogens is 1. The molecule has 0 saturated carbocycles. The number of amides is 2. The lowest BCUT2D eigenvalue weighted by Gasteiger charge is -2.06. The Kier molecular flexibility index (Phi) is 4.72. The van der Waals surface area contributed by atoms with Crippen LogP contribution in [-0.4, -0.2) is 34.1 Å². The number of aromatic nitrogens is 3. The monoisotopic (exact) mass is 309 g/mol. The van der Waals surface area contributed by atoms with E-state index in [9.17, 15) is 9.59 Å². The highest BCUT2D eigenvalue weighted by Crippen LogP contribution is 2.20. The number of rotatable bonds is 4. The van der Waals surface area contributed by atoms with E-state index in [1.54, 1.807) is 24.3 Å². The van der Waals surface area contributed by atoms with Crippen LogP contribution in [0.25, 0.3) is 0 Å². The van der Waals surface area contributed by atoms with Gasteiger partial charge in [0, 0.05) is 0 Å². The molecule has 0 fully saturated rings. The van der Waals surface area contributed by atoms with E-state index in [2.05, 4.69) is 25.6 Å². The van der Waals surface area contributed by atoms with Crippen molar-refractivity contribution in [3.8, 4) is 0 Å². The Hall–Kier alpha value is -2.61. The molecule has 0 aliphatic heterocycles. The lowest BCUT2D eigenvalue weighted by atomic mass is 10.3. The maximum Gasteiger partial charge on any atom is 0.412 e. The van der Waals surface area contributed by atoms with Gasteiger partial charge in [0.15, 0.2) is 5.82 Å². The highest BCUT2D eigenvalue weighted by Gasteiger charge is 2.10. The van der Waals surface area contributed by atoms with E-state index in [1.807, 2.05) is 0 Å². The fraction of sp³-hybridized carbons (Fsp3) is 0.167. The number of carbonyl (C=O) groups excluding carboxylic acids is 2. The van der Waals surface area contributed by atoms with Crippen LogP contribution in [0.1, 0.15) is 0 Å². The predicted molar refractivity (Wildman–Crippen MR) is 76.1 cm³/mol. The molecule has 2 amide bonds. The second-order valence-electron chi connectivity index (χ2n) is 3.90. The van der Waals surface area contributed by atoms with E-state index in [1.165, 1.54) is 13.3 Å². The first kappa shape index (κ1) is 14.8. The Morgan fingerprint density at radius 3 is 2.81 bits per heavy atom. The van der Waals surface area contributed by atoms with E-state index < -0.39 is 6.09 Å². The Morgan fingerprint density at radius 2 is 2.10 bits per heavy atom. The lowest BCUT2D eigenvalue weighted by molar-refractivity contribution is -0.117. The van der Waals surface area contributed by atoms with Crippen molar-refractivity contribution < 1.29 is 14.3 Å². The minimum absolute atomic E-state index is 0.117. The first-order valence-corrected chi connectivity index (χ1v) is 6.26. The van der Waals surface area contributed by atoms with Gasteiger partial charge in [-0.3, -0.25) is 10.1 Å². The molecule has 110 valence electrons. The molecule has 21 heavy (non-hydrogen) atoms. The summed E-state index contributed by atoms with van der Waals surface area (Å²) < 4.78 is 4.42. The Bertz CT molecular complexity index is 658. The molecule has 0 aliphatic rings. The fourth-order valence-corrected chi connectivity index (χ4v) is 1.65. The lowest BCUT2D eigenvalue weighted by Crippen LogP contribution is -2.20. The van der Waals surface area contributed by atoms with Crippen molar-refractivity contribution in [3.63, 3.8) is 0 Å². The Balaban J connectivity index is 1.94. The molecule has 0 atom stereocenters. The quantitative estimate of drug-likeness (QED) is 0.896. The van der Waals surface area contributed by atoms with Crippen LogP contribution in [0.15, 0.2) is 30.5 Å². The summed E-state index contributed by atoms with van der Waals surface area (Å²) in [5.41, 5.74) is 0.504. The number of carbonyl (C=O) groups is 2. The van der Waals surface area contributed by atoms with Gasteiger partial charge in [0.05, 0.1) is 24.0 Å². The summed E-state index contributed by atoms with van der Waals surface area (Å²) in [7, 11) is 1.23. The normalized spacial score (nSPS) is 10.0. The predicted octanol–water partition coefficient (Wildman–Crippen LogP) is 1.75. The van der Waals surface area contributed by atoms with Gasteiger partial charge in [-0.2, -0.15) is 9.90 Å². The molecule has 0 saturated heterocycles. The molecule has 1 aromatic carbocycles. The number of hydrogen-bond donors (Lipinski definition) is 2. The van der Waals surface area contributed by atoms with Gasteiger partial charge in [0.1, 0.15) is 6.54 Å². The number of methoxy groups -OCH3 is 1. The van der Waals surface area contributed by atoms with Crippen LogP contribution in [0.3, 0.4) is 0 Å². The summed E-state index contributed by atoms with van der Waals surface area (Å²) in [6.07, 6.45) is 0.641. The van der Waals surface area contributed by atoms with Crippen LogP contribution in [0.2, 0.25) is 5.02 Å². The smallest absolute Gasteiger partial charge is 0.412 e. The van der Waals surface area contributed by atoms with Crippen LogP contribution in [0, 0.1) is 0 Å². The fourth-order valence-electron chi connectivity index (χ4n) is 1.47. The molecular weight excluding hydrogens is 298 g/mol. The van der Waals surface area contributed by atoms with Gasteiger partial charge in [-0.25, -0.2) is 4.79 Å². The zero-order valence-electron chi connectivity index (χ0n) is 11.0. The minimum Gasteiger partial charge on any atom is -0.453 e. The van der Waals surface area contributed by atoms with Crippen LogP contribution in [-0.2, 0) is 16.1 Å². The molecular formula is C12H12ClN5O3. The highest BCUT2D eigenvalue weighted by molar-refractivity contribution is 6.33. The largest absolute Gasteiger partial charge is 0.453 e. The van der Waals surface area contributed by atoms with Crippen molar-refractivity contribution in [1.29, 1.82) is 0 Å². The highest BCUT2D eigenvalue weighted by atomic mass is 35.5. The van der Waals surface area contributed by atoms with Crippen molar-refractivity contribution in [3.05, 3.63) is 35.5 Å². The van der Waals surface area contributed by atoms with E-state index in [-0.39, 0.29) is 18.3 Å². The number of nitrogens with one attached hydrogen (secondary N) is 2. The second kappa shape index (κ2) is 6.71. The van der Waals surface area contributed by atoms with Gasteiger partial charge in [-0.1, -0.05) is 23.7 Å². The van der Waals surface area contributed by atoms with Crippen molar-refractivity contribution >= 4 is 35.1 Å². The van der Waals surface area contributed by atoms with Crippen LogP contribution < -0.4 is 10.6 Å². The molecule has 2 aromatic rings. The number of para-hydroxylation sites is 1. The third-order valence-electron chi connectivity index (χ3n) is 2.38. The molecule has 0 spiro atoms. The zero-order chi connectivity index (χ0) is 15.2. The Morgan fingerprint density at radius 1 is 1.33 bits per heavy atom. The summed E-state index contributed by atoms with van der Waals surface area (Å²) >= 11 is 5.93. The van der Waals surface area contributed by atoms with Crippen molar-refractivity contribution in [2.45, 2.75) is 6.54 Å². The summed E-state index contributed by atoms with van der Waals surface area (Å²) in [6, 6.07) is 6.87. The molecule has 2 rings (SSSR count). The van der Waals surface area contributed by atoms with Gasteiger partial charge in [0.25, 0.3) is 0 Å². The minimum atomic E-state index is -0.664. The van der Waals surface area contributed by atoms with Gasteiger partial charge < -0.3 is 10.1 Å². The molecule has 0 bridgehead atoms. The Labute approximate surface area is 125 Å². The average Bonchev–Trinajstić information content (AvgIpc) is 2.88. The molecule has 1 heterocycles. The maximum atomic E-state index is 11.8. The van der Waals surface area contributed by atoms with Gasteiger partial charge in [-0.05, 0) is 12.1 Å². The van der Waals surface area contributed by atoms with E-state index in [0.717, 1.165) is 4.80 Å². The van der Waals surface area contributed by atoms with Crippen LogP contribution in [0.4, 0.5) is 16.3 Å². The third kappa shape index (κ3) is 4.18. The standard InChI is InChI=1S/C12H12ClN5O3/c1-21-12(20)16-10-6-14-18(17-10)7-11(19)15-9-5-3-2-4-8(9)13/h2-6H,7H2,1H3,(H,15,19)(H,16,17,20). The molecule has 0 unspecified atom stereocenters. The first-order valence-electron chi connectivity index (χ1n) is 5.88. The first-order chi connectivity index (χ1) is 10.1. The molecule has 9 heteroatoms. The van der Waals surface area contributed by atoms with E-state index in [4.69, 9.17) is 11.6 Å². The molecule has 0 aliphatic carbocycles. The third-order valence-corrected chi connectivity index (χ3v) is 2.71. The topological polar surface area (TPSA) is 98.1 Å². The second-order valence-corrected chi connectivity index (χ2v) is 4.31. The van der Waals surface area contributed by atoms with E-state index in [0.29, 0.717) is 10.7 Å². The molecule has 2 N–H and O–H groups in total. The summed E-state index contributed by atoms with van der Waals surface area (Å²) in [5, 5.41) is 13.2. The van der Waals surface area contributed by atoms with Gasteiger partial charge in [0.2, 0.25) is 5.91 Å².